The van der Waals surface area contributed by atoms with E-state index in [2.05, 4.69) is 10.1 Å². The molecule has 0 aliphatic heterocycles. The SMILES string of the molecule is CC(C)(C)C(O)C(CCCc1ccccc1Cl)n1cncn1. The minimum absolute atomic E-state index is 0.0787. The van der Waals surface area contributed by atoms with Gasteiger partial charge in [0.15, 0.2) is 0 Å². The second-order valence-electron chi connectivity index (χ2n) is 6.74. The summed E-state index contributed by atoms with van der Waals surface area (Å²) in [5.41, 5.74) is 0.938. The number of aliphatic hydroxyl groups is 1. The summed E-state index contributed by atoms with van der Waals surface area (Å²) < 4.78 is 1.77. The van der Waals surface area contributed by atoms with E-state index in [0.29, 0.717) is 0 Å². The van der Waals surface area contributed by atoms with Crippen LogP contribution in [0, 0.1) is 5.41 Å². The minimum atomic E-state index is -0.486. The van der Waals surface area contributed by atoms with Crippen LogP contribution in [0.1, 0.15) is 45.2 Å². The topological polar surface area (TPSA) is 50.9 Å². The molecule has 2 atom stereocenters. The first-order valence-electron chi connectivity index (χ1n) is 7.65. The average molecular weight is 322 g/mol. The van der Waals surface area contributed by atoms with Crippen molar-refractivity contribution >= 4 is 11.6 Å². The van der Waals surface area contributed by atoms with Crippen molar-refractivity contribution in [2.45, 2.75) is 52.2 Å². The predicted octanol–water partition coefficient (Wildman–Crippen LogP) is 3.90. The normalized spacial score (nSPS) is 14.8. The first-order valence-corrected chi connectivity index (χ1v) is 8.03. The highest BCUT2D eigenvalue weighted by atomic mass is 35.5. The van der Waals surface area contributed by atoms with Gasteiger partial charge in [0, 0.05) is 5.02 Å². The molecule has 0 saturated heterocycles. The fraction of sp³-hybridized carbons (Fsp3) is 0.529. The van der Waals surface area contributed by atoms with Gasteiger partial charge in [0.25, 0.3) is 0 Å². The molecule has 1 aromatic heterocycles. The second kappa shape index (κ2) is 7.25. The first kappa shape index (κ1) is 17.0. The molecule has 120 valence electrons. The van der Waals surface area contributed by atoms with Crippen LogP contribution in [-0.2, 0) is 6.42 Å². The summed E-state index contributed by atoms with van der Waals surface area (Å²) in [6.07, 6.45) is 5.35. The fourth-order valence-corrected chi connectivity index (χ4v) is 2.83. The maximum absolute atomic E-state index is 10.7. The Morgan fingerprint density at radius 2 is 2.00 bits per heavy atom. The predicted molar refractivity (Wildman–Crippen MR) is 88.9 cm³/mol. The lowest BCUT2D eigenvalue weighted by atomic mass is 9.83. The van der Waals surface area contributed by atoms with Gasteiger partial charge >= 0.3 is 0 Å². The third kappa shape index (κ3) is 4.31. The fourth-order valence-electron chi connectivity index (χ4n) is 2.60. The molecule has 4 nitrogen and oxygen atoms in total. The molecule has 1 N–H and O–H groups in total. The van der Waals surface area contributed by atoms with E-state index >= 15 is 0 Å². The molecule has 1 aromatic carbocycles. The maximum atomic E-state index is 10.7. The Kier molecular flexibility index (Phi) is 5.59. The van der Waals surface area contributed by atoms with Gasteiger partial charge in [-0.15, -0.1) is 0 Å². The molecule has 2 unspecified atom stereocenters. The number of hydrogen-bond acceptors (Lipinski definition) is 3. The zero-order valence-electron chi connectivity index (χ0n) is 13.4. The molecule has 5 heteroatoms. The zero-order valence-corrected chi connectivity index (χ0v) is 14.2. The Labute approximate surface area is 137 Å². The van der Waals surface area contributed by atoms with Gasteiger partial charge in [-0.05, 0) is 36.3 Å². The van der Waals surface area contributed by atoms with Crippen LogP contribution < -0.4 is 0 Å². The highest BCUT2D eigenvalue weighted by molar-refractivity contribution is 6.31. The number of aryl methyl sites for hydroxylation is 1. The van der Waals surface area contributed by atoms with Gasteiger partial charge in [0.05, 0.1) is 12.1 Å². The number of aromatic nitrogens is 3. The second-order valence-corrected chi connectivity index (χ2v) is 7.14. The Morgan fingerprint density at radius 3 is 2.59 bits per heavy atom. The molecule has 0 fully saturated rings. The van der Waals surface area contributed by atoms with Crippen molar-refractivity contribution in [1.82, 2.24) is 14.8 Å². The summed E-state index contributed by atoms with van der Waals surface area (Å²) in [7, 11) is 0. The van der Waals surface area contributed by atoms with Crippen molar-refractivity contribution in [3.05, 3.63) is 47.5 Å². The van der Waals surface area contributed by atoms with E-state index in [9.17, 15) is 5.11 Å². The van der Waals surface area contributed by atoms with Gasteiger partial charge in [0.1, 0.15) is 12.7 Å². The lowest BCUT2D eigenvalue weighted by Gasteiger charge is -2.33. The van der Waals surface area contributed by atoms with Crippen LogP contribution in [0.25, 0.3) is 0 Å². The Bertz CT molecular complexity index is 578. The first-order chi connectivity index (χ1) is 10.4. The number of halogens is 1. The van der Waals surface area contributed by atoms with E-state index in [1.165, 1.54) is 6.33 Å². The quantitative estimate of drug-likeness (QED) is 0.877. The molecule has 1 heterocycles. The number of benzene rings is 1. The molecule has 2 rings (SSSR count). The average Bonchev–Trinajstić information content (AvgIpc) is 2.97. The molecule has 22 heavy (non-hydrogen) atoms. The highest BCUT2D eigenvalue weighted by Gasteiger charge is 2.31. The lowest BCUT2D eigenvalue weighted by Crippen LogP contribution is -2.36. The van der Waals surface area contributed by atoms with Crippen LogP contribution in [0.4, 0.5) is 0 Å². The van der Waals surface area contributed by atoms with Crippen LogP contribution in [0.5, 0.6) is 0 Å². The number of hydrogen-bond donors (Lipinski definition) is 1. The van der Waals surface area contributed by atoms with Crippen molar-refractivity contribution in [3.8, 4) is 0 Å². The van der Waals surface area contributed by atoms with Crippen LogP contribution in [0.3, 0.4) is 0 Å². The summed E-state index contributed by atoms with van der Waals surface area (Å²) in [6.45, 7) is 6.11. The van der Waals surface area contributed by atoms with E-state index in [0.717, 1.165) is 29.8 Å². The standard InChI is InChI=1S/C17H24ClN3O/c1-17(2,3)16(22)15(21-12-19-11-20-21)10-6-8-13-7-4-5-9-14(13)18/h4-5,7,9,11-12,15-16,22H,6,8,10H2,1-3H3. The van der Waals surface area contributed by atoms with Gasteiger partial charge in [0.2, 0.25) is 0 Å². The molecule has 0 aliphatic carbocycles. The third-order valence-corrected chi connectivity index (χ3v) is 4.30. The molecule has 0 bridgehead atoms. The molecular formula is C17H24ClN3O. The van der Waals surface area contributed by atoms with Crippen LogP contribution in [0.2, 0.25) is 5.02 Å². The lowest BCUT2D eigenvalue weighted by molar-refractivity contribution is 0.00870. The molecule has 0 aliphatic rings. The van der Waals surface area contributed by atoms with Gasteiger partial charge in [-0.25, -0.2) is 9.67 Å². The summed E-state index contributed by atoms with van der Waals surface area (Å²) in [5.74, 6) is 0. The Hall–Kier alpha value is -1.39. The molecule has 0 spiro atoms. The minimum Gasteiger partial charge on any atom is -0.390 e. The molecule has 2 aromatic rings. The summed E-state index contributed by atoms with van der Waals surface area (Å²) in [5, 5.41) is 15.7. The molecule has 0 amide bonds. The van der Waals surface area contributed by atoms with E-state index in [1.807, 2.05) is 45.0 Å². The van der Waals surface area contributed by atoms with Gasteiger partial charge < -0.3 is 5.11 Å². The van der Waals surface area contributed by atoms with Crippen LogP contribution in [-0.4, -0.2) is 26.0 Å². The van der Waals surface area contributed by atoms with E-state index in [1.54, 1.807) is 11.0 Å². The van der Waals surface area contributed by atoms with Crippen LogP contribution >= 0.6 is 11.6 Å². The number of nitrogens with zero attached hydrogens (tertiary/aromatic N) is 3. The van der Waals surface area contributed by atoms with Crippen molar-refractivity contribution in [3.63, 3.8) is 0 Å². The monoisotopic (exact) mass is 321 g/mol. The van der Waals surface area contributed by atoms with Crippen molar-refractivity contribution in [1.29, 1.82) is 0 Å². The molecule has 0 radical (unpaired) electrons. The largest absolute Gasteiger partial charge is 0.390 e. The third-order valence-electron chi connectivity index (χ3n) is 3.93. The zero-order chi connectivity index (χ0) is 16.2. The number of rotatable bonds is 6. The summed E-state index contributed by atoms with van der Waals surface area (Å²) in [4.78, 5) is 4.01. The molecular weight excluding hydrogens is 298 g/mol. The Balaban J connectivity index is 2.03. The Morgan fingerprint density at radius 1 is 1.27 bits per heavy atom. The van der Waals surface area contributed by atoms with E-state index in [4.69, 9.17) is 11.6 Å². The summed E-state index contributed by atoms with van der Waals surface area (Å²) >= 11 is 6.20. The van der Waals surface area contributed by atoms with Crippen LogP contribution in [0.15, 0.2) is 36.9 Å². The van der Waals surface area contributed by atoms with Crippen molar-refractivity contribution < 1.29 is 5.11 Å². The summed E-state index contributed by atoms with van der Waals surface area (Å²) in [6, 6.07) is 7.82. The highest BCUT2D eigenvalue weighted by Crippen LogP contribution is 2.31. The molecule has 0 saturated carbocycles. The van der Waals surface area contributed by atoms with Gasteiger partial charge in [-0.2, -0.15) is 5.10 Å². The van der Waals surface area contributed by atoms with E-state index < -0.39 is 6.10 Å². The number of aliphatic hydroxyl groups excluding tert-OH is 1. The van der Waals surface area contributed by atoms with Gasteiger partial charge in [-0.3, -0.25) is 0 Å². The van der Waals surface area contributed by atoms with Crippen molar-refractivity contribution in [2.75, 3.05) is 0 Å². The smallest absolute Gasteiger partial charge is 0.137 e. The van der Waals surface area contributed by atoms with E-state index in [-0.39, 0.29) is 11.5 Å². The van der Waals surface area contributed by atoms with Gasteiger partial charge in [-0.1, -0.05) is 50.6 Å². The van der Waals surface area contributed by atoms with Crippen molar-refractivity contribution in [2.24, 2.45) is 5.41 Å². The maximum Gasteiger partial charge on any atom is 0.137 e.